The number of piperidine rings is 1. The number of allylic oxidation sites excluding steroid dienone is 2. The zero-order valence-electron chi connectivity index (χ0n) is 12.1. The van der Waals surface area contributed by atoms with E-state index in [0.717, 1.165) is 12.3 Å². The molecule has 20 heavy (non-hydrogen) atoms. The normalized spacial score (nSPS) is 35.2. The van der Waals surface area contributed by atoms with Gasteiger partial charge in [0.15, 0.2) is 11.9 Å². The SMILES string of the molecule is C=C1CC(=O)C(OCC2=CCC3CC2C3(C)C)C(=O)N1. The molecule has 4 nitrogen and oxygen atoms in total. The average molecular weight is 275 g/mol. The van der Waals surface area contributed by atoms with Gasteiger partial charge in [0.05, 0.1) is 6.61 Å². The Morgan fingerprint density at radius 1 is 1.45 bits per heavy atom. The fraction of sp³-hybridized carbons (Fsp3) is 0.625. The number of carbonyl (C=O) groups excluding carboxylic acids is 2. The van der Waals surface area contributed by atoms with E-state index in [-0.39, 0.29) is 18.1 Å². The monoisotopic (exact) mass is 275 g/mol. The van der Waals surface area contributed by atoms with Crippen molar-refractivity contribution >= 4 is 11.7 Å². The van der Waals surface area contributed by atoms with Crippen molar-refractivity contribution in [2.75, 3.05) is 6.61 Å². The van der Waals surface area contributed by atoms with Crippen molar-refractivity contribution in [1.29, 1.82) is 0 Å². The van der Waals surface area contributed by atoms with Crippen molar-refractivity contribution in [1.82, 2.24) is 5.32 Å². The number of ketones is 1. The summed E-state index contributed by atoms with van der Waals surface area (Å²) in [7, 11) is 0. The lowest BCUT2D eigenvalue weighted by Crippen LogP contribution is -2.50. The molecule has 3 unspecified atom stereocenters. The molecular weight excluding hydrogens is 254 g/mol. The highest BCUT2D eigenvalue weighted by atomic mass is 16.5. The van der Waals surface area contributed by atoms with Crippen LogP contribution >= 0.6 is 0 Å². The van der Waals surface area contributed by atoms with Crippen molar-refractivity contribution in [3.63, 3.8) is 0 Å². The first-order chi connectivity index (χ1) is 9.39. The molecule has 1 saturated carbocycles. The molecule has 4 aliphatic rings. The van der Waals surface area contributed by atoms with E-state index in [0.29, 0.717) is 23.6 Å². The van der Waals surface area contributed by atoms with Gasteiger partial charge in [-0.05, 0) is 35.7 Å². The van der Waals surface area contributed by atoms with Gasteiger partial charge in [0.2, 0.25) is 0 Å². The molecule has 1 aliphatic heterocycles. The Labute approximate surface area is 119 Å². The Morgan fingerprint density at radius 2 is 2.20 bits per heavy atom. The maximum absolute atomic E-state index is 11.8. The molecule has 1 saturated heterocycles. The van der Waals surface area contributed by atoms with Gasteiger partial charge in [-0.1, -0.05) is 26.5 Å². The minimum atomic E-state index is -0.970. The number of hydrogen-bond donors (Lipinski definition) is 1. The maximum Gasteiger partial charge on any atom is 0.261 e. The molecule has 1 N–H and O–H groups in total. The van der Waals surface area contributed by atoms with Crippen LogP contribution in [0.15, 0.2) is 23.9 Å². The molecule has 0 aromatic carbocycles. The summed E-state index contributed by atoms with van der Waals surface area (Å²) in [6.07, 6.45) is 3.73. The molecule has 0 aromatic heterocycles. The Balaban J connectivity index is 1.63. The quantitative estimate of drug-likeness (QED) is 0.633. The van der Waals surface area contributed by atoms with Gasteiger partial charge in [-0.15, -0.1) is 0 Å². The first-order valence-electron chi connectivity index (χ1n) is 7.21. The van der Waals surface area contributed by atoms with Crippen LogP contribution in [0.25, 0.3) is 0 Å². The smallest absolute Gasteiger partial charge is 0.261 e. The van der Waals surface area contributed by atoms with Gasteiger partial charge in [0.1, 0.15) is 0 Å². The zero-order valence-corrected chi connectivity index (χ0v) is 12.1. The van der Waals surface area contributed by atoms with Gasteiger partial charge in [-0.3, -0.25) is 9.59 Å². The summed E-state index contributed by atoms with van der Waals surface area (Å²) in [5.41, 5.74) is 2.04. The number of nitrogens with one attached hydrogen (secondary N) is 1. The molecule has 0 spiro atoms. The first-order valence-corrected chi connectivity index (χ1v) is 7.21. The summed E-state index contributed by atoms with van der Waals surface area (Å²) in [5, 5.41) is 2.59. The third-order valence-electron chi connectivity index (χ3n) is 5.22. The number of ether oxygens (including phenoxy) is 1. The number of Topliss-reactive ketones (excluding diaryl/α,β-unsaturated/α-hetero) is 1. The highest BCUT2D eigenvalue weighted by molar-refractivity contribution is 6.08. The molecule has 2 bridgehead atoms. The lowest BCUT2D eigenvalue weighted by atomic mass is 9.49. The standard InChI is InChI=1S/C16H21NO3/c1-9-6-13(18)14(15(19)17-9)20-8-10-4-5-11-7-12(10)16(11,2)3/h4,11-12,14H,1,5-8H2,2-3H3,(H,17,19). The van der Waals surface area contributed by atoms with Crippen molar-refractivity contribution < 1.29 is 14.3 Å². The van der Waals surface area contributed by atoms with Gasteiger partial charge in [0, 0.05) is 12.1 Å². The summed E-state index contributed by atoms with van der Waals surface area (Å²) < 4.78 is 5.61. The van der Waals surface area contributed by atoms with Crippen LogP contribution in [-0.2, 0) is 14.3 Å². The van der Waals surface area contributed by atoms with E-state index in [4.69, 9.17) is 4.74 Å². The van der Waals surface area contributed by atoms with Crippen LogP contribution in [0, 0.1) is 17.3 Å². The summed E-state index contributed by atoms with van der Waals surface area (Å²) >= 11 is 0. The van der Waals surface area contributed by atoms with E-state index in [1.165, 1.54) is 12.0 Å². The summed E-state index contributed by atoms with van der Waals surface area (Å²) in [6.45, 7) is 8.59. The summed E-state index contributed by atoms with van der Waals surface area (Å²) in [6, 6.07) is 0. The summed E-state index contributed by atoms with van der Waals surface area (Å²) in [5.74, 6) is 0.742. The number of hydrogen-bond acceptors (Lipinski definition) is 3. The van der Waals surface area contributed by atoms with E-state index in [1.807, 2.05) is 0 Å². The first kappa shape index (κ1) is 13.6. The maximum atomic E-state index is 11.8. The molecule has 108 valence electrons. The number of fused-ring (bicyclic) bond motifs is 1. The molecule has 3 atom stereocenters. The molecule has 0 radical (unpaired) electrons. The van der Waals surface area contributed by atoms with Gasteiger partial charge >= 0.3 is 0 Å². The van der Waals surface area contributed by atoms with Gasteiger partial charge in [0.25, 0.3) is 5.91 Å². The van der Waals surface area contributed by atoms with Gasteiger partial charge < -0.3 is 10.1 Å². The van der Waals surface area contributed by atoms with E-state index in [2.05, 4.69) is 31.8 Å². The van der Waals surface area contributed by atoms with E-state index < -0.39 is 6.10 Å². The second kappa shape index (κ2) is 4.55. The van der Waals surface area contributed by atoms with Crippen molar-refractivity contribution in [3.8, 4) is 0 Å². The van der Waals surface area contributed by atoms with E-state index in [9.17, 15) is 9.59 Å². The molecule has 4 heteroatoms. The van der Waals surface area contributed by atoms with Crippen LogP contribution in [0.5, 0.6) is 0 Å². The van der Waals surface area contributed by atoms with Gasteiger partial charge in [-0.25, -0.2) is 0 Å². The minimum absolute atomic E-state index is 0.173. The number of rotatable bonds is 3. The highest BCUT2D eigenvalue weighted by Gasteiger charge is 2.51. The molecule has 0 aromatic rings. The van der Waals surface area contributed by atoms with E-state index in [1.54, 1.807) is 0 Å². The lowest BCUT2D eigenvalue weighted by Gasteiger charge is -2.56. The predicted octanol–water partition coefficient (Wildman–Crippen LogP) is 1.97. The number of carbonyl (C=O) groups is 2. The lowest BCUT2D eigenvalue weighted by molar-refractivity contribution is -0.145. The van der Waals surface area contributed by atoms with Crippen LogP contribution in [-0.4, -0.2) is 24.4 Å². The highest BCUT2D eigenvalue weighted by Crippen LogP contribution is 2.59. The van der Waals surface area contributed by atoms with Gasteiger partial charge in [-0.2, -0.15) is 0 Å². The molecule has 2 fully saturated rings. The second-order valence-corrected chi connectivity index (χ2v) is 6.75. The average Bonchev–Trinajstić information content (AvgIpc) is 2.37. The van der Waals surface area contributed by atoms with Crippen molar-refractivity contribution in [2.24, 2.45) is 17.3 Å². The van der Waals surface area contributed by atoms with Crippen LogP contribution in [0.3, 0.4) is 0 Å². The third-order valence-corrected chi connectivity index (χ3v) is 5.22. The van der Waals surface area contributed by atoms with E-state index >= 15 is 0 Å². The fourth-order valence-corrected chi connectivity index (χ4v) is 3.72. The molecular formula is C16H21NO3. The fourth-order valence-electron chi connectivity index (χ4n) is 3.72. The summed E-state index contributed by atoms with van der Waals surface area (Å²) in [4.78, 5) is 23.6. The third kappa shape index (κ3) is 2.03. The second-order valence-electron chi connectivity index (χ2n) is 6.75. The van der Waals surface area contributed by atoms with Crippen molar-refractivity contribution in [3.05, 3.63) is 23.9 Å². The Kier molecular flexibility index (Phi) is 3.09. The van der Waals surface area contributed by atoms with Crippen LogP contribution in [0.2, 0.25) is 0 Å². The van der Waals surface area contributed by atoms with Crippen LogP contribution in [0.1, 0.15) is 33.1 Å². The molecule has 4 rings (SSSR count). The van der Waals surface area contributed by atoms with Crippen LogP contribution in [0.4, 0.5) is 0 Å². The topological polar surface area (TPSA) is 55.4 Å². The Bertz CT molecular complexity index is 498. The minimum Gasteiger partial charge on any atom is -0.356 e. The van der Waals surface area contributed by atoms with Crippen molar-refractivity contribution in [2.45, 2.75) is 39.2 Å². The Morgan fingerprint density at radius 3 is 2.80 bits per heavy atom. The van der Waals surface area contributed by atoms with Crippen LogP contribution < -0.4 is 5.32 Å². The zero-order chi connectivity index (χ0) is 14.5. The largest absolute Gasteiger partial charge is 0.356 e. The predicted molar refractivity (Wildman–Crippen MR) is 74.7 cm³/mol. The Hall–Kier alpha value is -1.42. The number of amides is 1. The molecule has 1 amide bonds. The molecule has 1 heterocycles. The molecule has 3 aliphatic carbocycles.